The number of carbonyl (C=O) groups is 1. The maximum atomic E-state index is 13.9. The van der Waals surface area contributed by atoms with Gasteiger partial charge in [0, 0.05) is 11.8 Å². The number of imidazole rings is 2. The molecule has 5 heteroatoms. The quantitative estimate of drug-likeness (QED) is 0.435. The highest BCUT2D eigenvalue weighted by atomic mass is 16.2. The fourth-order valence-electron chi connectivity index (χ4n) is 3.78. The van der Waals surface area contributed by atoms with Crippen LogP contribution in [0.4, 0.5) is 0 Å². The lowest BCUT2D eigenvalue weighted by Crippen LogP contribution is -2.17. The van der Waals surface area contributed by atoms with Gasteiger partial charge in [0.2, 0.25) is 0 Å². The van der Waals surface area contributed by atoms with Gasteiger partial charge in [0.15, 0.2) is 0 Å². The molecule has 0 aliphatic carbocycles. The predicted molar refractivity (Wildman–Crippen MR) is 114 cm³/mol. The summed E-state index contributed by atoms with van der Waals surface area (Å²) in [6.07, 6.45) is 1.96. The molecule has 0 aliphatic heterocycles. The Bertz CT molecular complexity index is 1390. The first kappa shape index (κ1) is 17.4. The van der Waals surface area contributed by atoms with E-state index in [4.69, 9.17) is 4.98 Å². The van der Waals surface area contributed by atoms with E-state index in [1.165, 1.54) is 0 Å². The Hall–Kier alpha value is -3.73. The zero-order chi connectivity index (χ0) is 20.1. The first-order chi connectivity index (χ1) is 14.0. The third-order valence-corrected chi connectivity index (χ3v) is 5.23. The topological polar surface area (TPSA) is 52.2 Å². The Morgan fingerprint density at radius 1 is 0.828 bits per heavy atom. The SMILES string of the molecule is Cc1ccc(-c2nc3ccc(C)cn3c2C(=O)n2c(C)nc3ccccc32)cc1. The zero-order valence-corrected chi connectivity index (χ0v) is 16.5. The highest BCUT2D eigenvalue weighted by Crippen LogP contribution is 2.28. The van der Waals surface area contributed by atoms with Crippen LogP contribution in [0.3, 0.4) is 0 Å². The molecule has 3 aromatic heterocycles. The molecule has 0 spiro atoms. The summed E-state index contributed by atoms with van der Waals surface area (Å²) in [7, 11) is 0. The van der Waals surface area contributed by atoms with Gasteiger partial charge in [0.05, 0.1) is 11.0 Å². The molecule has 0 radical (unpaired) electrons. The number of rotatable bonds is 2. The fraction of sp³-hybridized carbons (Fsp3) is 0.125. The van der Waals surface area contributed by atoms with Crippen LogP contribution in [0.15, 0.2) is 66.9 Å². The molecule has 0 fully saturated rings. The van der Waals surface area contributed by atoms with Crippen molar-refractivity contribution in [3.63, 3.8) is 0 Å². The Balaban J connectivity index is 1.82. The van der Waals surface area contributed by atoms with Crippen molar-refractivity contribution in [1.29, 1.82) is 0 Å². The molecule has 29 heavy (non-hydrogen) atoms. The van der Waals surface area contributed by atoms with Crippen LogP contribution in [-0.2, 0) is 0 Å². The second kappa shape index (κ2) is 6.41. The molecule has 5 rings (SSSR count). The van der Waals surface area contributed by atoms with Gasteiger partial charge >= 0.3 is 0 Å². The number of aryl methyl sites for hydroxylation is 3. The number of para-hydroxylation sites is 2. The zero-order valence-electron chi connectivity index (χ0n) is 16.5. The van der Waals surface area contributed by atoms with Gasteiger partial charge < -0.3 is 0 Å². The van der Waals surface area contributed by atoms with Crippen LogP contribution < -0.4 is 0 Å². The lowest BCUT2D eigenvalue weighted by molar-refractivity contribution is 0.0957. The van der Waals surface area contributed by atoms with Crippen molar-refractivity contribution < 1.29 is 4.79 Å². The fourth-order valence-corrected chi connectivity index (χ4v) is 3.78. The Morgan fingerprint density at radius 2 is 1.55 bits per heavy atom. The van der Waals surface area contributed by atoms with Crippen LogP contribution >= 0.6 is 0 Å². The minimum absolute atomic E-state index is 0.134. The van der Waals surface area contributed by atoms with Crippen LogP contribution in [0.1, 0.15) is 27.4 Å². The second-order valence-electron chi connectivity index (χ2n) is 7.40. The molecule has 142 valence electrons. The van der Waals surface area contributed by atoms with Gasteiger partial charge in [0.25, 0.3) is 5.91 Å². The highest BCUT2D eigenvalue weighted by molar-refractivity contribution is 6.05. The third-order valence-electron chi connectivity index (χ3n) is 5.23. The van der Waals surface area contributed by atoms with Gasteiger partial charge in [-0.25, -0.2) is 9.97 Å². The van der Waals surface area contributed by atoms with Gasteiger partial charge in [-0.15, -0.1) is 0 Å². The first-order valence-electron chi connectivity index (χ1n) is 9.57. The van der Waals surface area contributed by atoms with Crippen molar-refractivity contribution in [1.82, 2.24) is 18.9 Å². The molecule has 0 aliphatic rings. The molecular weight excluding hydrogens is 360 g/mol. The number of fused-ring (bicyclic) bond motifs is 2. The van der Waals surface area contributed by atoms with E-state index >= 15 is 0 Å². The Morgan fingerprint density at radius 3 is 2.34 bits per heavy atom. The van der Waals surface area contributed by atoms with E-state index in [9.17, 15) is 4.79 Å². The van der Waals surface area contributed by atoms with Crippen LogP contribution in [-0.4, -0.2) is 24.8 Å². The molecule has 0 N–H and O–H groups in total. The molecule has 2 aromatic carbocycles. The maximum Gasteiger partial charge on any atom is 0.283 e. The summed E-state index contributed by atoms with van der Waals surface area (Å²) in [6.45, 7) is 5.92. The highest BCUT2D eigenvalue weighted by Gasteiger charge is 2.24. The molecule has 0 bridgehead atoms. The van der Waals surface area contributed by atoms with E-state index in [2.05, 4.69) is 4.98 Å². The monoisotopic (exact) mass is 380 g/mol. The van der Waals surface area contributed by atoms with Crippen molar-refractivity contribution in [3.05, 3.63) is 89.5 Å². The van der Waals surface area contributed by atoms with Crippen LogP contribution in [0.25, 0.3) is 27.9 Å². The Labute approximate surface area is 168 Å². The second-order valence-corrected chi connectivity index (χ2v) is 7.40. The molecule has 5 aromatic rings. The van der Waals surface area contributed by atoms with E-state index in [1.807, 2.05) is 92.0 Å². The molecule has 0 amide bonds. The summed E-state index contributed by atoms with van der Waals surface area (Å²) in [6, 6.07) is 19.8. The number of hydrogen-bond acceptors (Lipinski definition) is 3. The number of carbonyl (C=O) groups excluding carboxylic acids is 1. The summed E-state index contributed by atoms with van der Waals surface area (Å²) in [5.74, 6) is 0.526. The average molecular weight is 380 g/mol. The van der Waals surface area contributed by atoms with Gasteiger partial charge in [-0.2, -0.15) is 0 Å². The summed E-state index contributed by atoms with van der Waals surface area (Å²) >= 11 is 0. The molecule has 0 unspecified atom stereocenters. The van der Waals surface area contributed by atoms with E-state index < -0.39 is 0 Å². The average Bonchev–Trinajstić information content (AvgIpc) is 3.24. The first-order valence-corrected chi connectivity index (χ1v) is 9.57. The summed E-state index contributed by atoms with van der Waals surface area (Å²) < 4.78 is 3.57. The van der Waals surface area contributed by atoms with Crippen LogP contribution in [0, 0.1) is 20.8 Å². The van der Waals surface area contributed by atoms with Crippen molar-refractivity contribution >= 4 is 22.6 Å². The standard InChI is InChI=1S/C24H20N4O/c1-15-8-11-18(12-9-15)22-23(27-14-16(2)10-13-21(27)26-22)24(29)28-17(3)25-19-6-4-5-7-20(19)28/h4-14H,1-3H3. The minimum Gasteiger partial charge on any atom is -0.295 e. The third kappa shape index (κ3) is 2.74. The van der Waals surface area contributed by atoms with Gasteiger partial charge in [0.1, 0.15) is 22.9 Å². The van der Waals surface area contributed by atoms with Gasteiger partial charge in [-0.3, -0.25) is 13.8 Å². The summed E-state index contributed by atoms with van der Waals surface area (Å²) in [5.41, 5.74) is 6.72. The van der Waals surface area contributed by atoms with Crippen LogP contribution in [0.2, 0.25) is 0 Å². The molecule has 0 atom stereocenters. The molecule has 0 saturated carbocycles. The van der Waals surface area contributed by atoms with Crippen molar-refractivity contribution in [2.75, 3.05) is 0 Å². The summed E-state index contributed by atoms with van der Waals surface area (Å²) in [4.78, 5) is 23.2. The smallest absolute Gasteiger partial charge is 0.283 e. The van der Waals surface area contributed by atoms with Crippen LogP contribution in [0.5, 0.6) is 0 Å². The van der Waals surface area contributed by atoms with Crippen molar-refractivity contribution in [3.8, 4) is 11.3 Å². The number of aromatic nitrogens is 4. The van der Waals surface area contributed by atoms with Crippen molar-refractivity contribution in [2.45, 2.75) is 20.8 Å². The predicted octanol–water partition coefficient (Wildman–Crippen LogP) is 4.96. The van der Waals surface area contributed by atoms with Gasteiger partial charge in [-0.1, -0.05) is 48.0 Å². The number of hydrogen-bond donors (Lipinski definition) is 0. The molecule has 3 heterocycles. The van der Waals surface area contributed by atoms with Gasteiger partial charge in [-0.05, 0) is 44.5 Å². The number of pyridine rings is 1. The lowest BCUT2D eigenvalue weighted by Gasteiger charge is -2.09. The number of benzene rings is 2. The largest absolute Gasteiger partial charge is 0.295 e. The maximum absolute atomic E-state index is 13.9. The van der Waals surface area contributed by atoms with E-state index in [1.54, 1.807) is 4.57 Å². The Kier molecular flexibility index (Phi) is 3.84. The molecule has 0 saturated heterocycles. The van der Waals surface area contributed by atoms with E-state index in [0.29, 0.717) is 17.2 Å². The normalized spacial score (nSPS) is 11.4. The molecule has 5 nitrogen and oxygen atoms in total. The molecular formula is C24H20N4O. The van der Waals surface area contributed by atoms with E-state index in [0.717, 1.165) is 33.4 Å². The van der Waals surface area contributed by atoms with Crippen molar-refractivity contribution in [2.24, 2.45) is 0 Å². The minimum atomic E-state index is -0.134. The summed E-state index contributed by atoms with van der Waals surface area (Å²) in [5, 5.41) is 0. The lowest BCUT2D eigenvalue weighted by atomic mass is 10.1. The van der Waals surface area contributed by atoms with E-state index in [-0.39, 0.29) is 5.91 Å². The number of nitrogens with zero attached hydrogens (tertiary/aromatic N) is 4.